The van der Waals surface area contributed by atoms with Gasteiger partial charge in [0, 0.05) is 32.3 Å². The molecule has 13 heteroatoms. The average Bonchev–Trinajstić information content (AvgIpc) is 3.21. The molecule has 0 aliphatic rings. The maximum Gasteiger partial charge on any atom is 0.321 e. The van der Waals surface area contributed by atoms with Crippen LogP contribution < -0.4 is 16.0 Å². The van der Waals surface area contributed by atoms with E-state index in [1.54, 1.807) is 24.7 Å². The molecule has 2 heterocycles. The maximum atomic E-state index is 14.2. The fourth-order valence-corrected chi connectivity index (χ4v) is 4.71. The summed E-state index contributed by atoms with van der Waals surface area (Å²) < 4.78 is 39.0. The standard InChI is InChI=1S/C20H23FN6O4S2/c1-11-9-16(27(3)26-11)24-17(28)7-8-22-19(29)25-20-23-12(2)18(32-20)13-5-6-15(14(21)10-13)33(4,30)31/h5-6,9-10H,7-8H2,1-4H3,(H,24,28)(H2,22,23,25,29). The fourth-order valence-electron chi connectivity index (χ4n) is 3.02. The first-order valence-electron chi connectivity index (χ1n) is 9.77. The molecule has 33 heavy (non-hydrogen) atoms. The zero-order valence-corrected chi connectivity index (χ0v) is 20.0. The average molecular weight is 495 g/mol. The Morgan fingerprint density at radius 1 is 1.18 bits per heavy atom. The van der Waals surface area contributed by atoms with Crippen LogP contribution in [0.1, 0.15) is 17.8 Å². The van der Waals surface area contributed by atoms with Crippen LogP contribution in [0.5, 0.6) is 0 Å². The first-order chi connectivity index (χ1) is 15.4. The molecule has 2 aromatic heterocycles. The lowest BCUT2D eigenvalue weighted by Crippen LogP contribution is -2.31. The predicted molar refractivity (Wildman–Crippen MR) is 124 cm³/mol. The highest BCUT2D eigenvalue weighted by Crippen LogP contribution is 2.34. The highest BCUT2D eigenvalue weighted by molar-refractivity contribution is 7.90. The van der Waals surface area contributed by atoms with Crippen LogP contribution in [0.4, 0.5) is 20.1 Å². The first-order valence-corrected chi connectivity index (χ1v) is 12.5. The molecular formula is C20H23FN6O4S2. The third kappa shape index (κ3) is 6.14. The van der Waals surface area contributed by atoms with Gasteiger partial charge in [-0.1, -0.05) is 17.4 Å². The van der Waals surface area contributed by atoms with Gasteiger partial charge < -0.3 is 10.6 Å². The monoisotopic (exact) mass is 494 g/mol. The summed E-state index contributed by atoms with van der Waals surface area (Å²) >= 11 is 1.12. The minimum atomic E-state index is -3.67. The Morgan fingerprint density at radius 2 is 1.91 bits per heavy atom. The van der Waals surface area contributed by atoms with Crippen molar-refractivity contribution < 1.29 is 22.4 Å². The van der Waals surface area contributed by atoms with E-state index in [4.69, 9.17) is 0 Å². The van der Waals surface area contributed by atoms with Crippen molar-refractivity contribution in [2.75, 3.05) is 23.4 Å². The van der Waals surface area contributed by atoms with Gasteiger partial charge in [-0.15, -0.1) is 0 Å². The molecule has 0 radical (unpaired) electrons. The third-order valence-electron chi connectivity index (χ3n) is 4.52. The second kappa shape index (κ2) is 9.67. The van der Waals surface area contributed by atoms with Crippen molar-refractivity contribution in [3.05, 3.63) is 41.5 Å². The Kier molecular flexibility index (Phi) is 7.12. The van der Waals surface area contributed by atoms with Gasteiger partial charge in [-0.3, -0.25) is 14.8 Å². The number of benzene rings is 1. The Labute approximate surface area is 194 Å². The summed E-state index contributed by atoms with van der Waals surface area (Å²) in [5.41, 5.74) is 1.77. The van der Waals surface area contributed by atoms with Crippen LogP contribution in [0, 0.1) is 19.7 Å². The Balaban J connectivity index is 1.56. The van der Waals surface area contributed by atoms with Crippen LogP contribution in [0.25, 0.3) is 10.4 Å². The topological polar surface area (TPSA) is 135 Å². The van der Waals surface area contributed by atoms with Crippen molar-refractivity contribution in [2.24, 2.45) is 7.05 Å². The number of urea groups is 1. The minimum Gasteiger partial charge on any atom is -0.337 e. The van der Waals surface area contributed by atoms with Crippen molar-refractivity contribution in [2.45, 2.75) is 25.2 Å². The van der Waals surface area contributed by atoms with E-state index in [2.05, 4.69) is 26.0 Å². The van der Waals surface area contributed by atoms with Gasteiger partial charge >= 0.3 is 6.03 Å². The number of thiazole rings is 1. The largest absolute Gasteiger partial charge is 0.337 e. The number of carbonyl (C=O) groups is 2. The van der Waals surface area contributed by atoms with E-state index >= 15 is 0 Å². The highest BCUT2D eigenvalue weighted by Gasteiger charge is 2.17. The number of aromatic nitrogens is 3. The summed E-state index contributed by atoms with van der Waals surface area (Å²) in [4.78, 5) is 28.6. The fraction of sp³-hybridized carbons (Fsp3) is 0.300. The molecule has 0 unspecified atom stereocenters. The molecule has 0 saturated carbocycles. The van der Waals surface area contributed by atoms with E-state index in [-0.39, 0.29) is 28.9 Å². The lowest BCUT2D eigenvalue weighted by atomic mass is 10.1. The number of rotatable bonds is 7. The Morgan fingerprint density at radius 3 is 2.52 bits per heavy atom. The molecule has 3 amide bonds. The van der Waals surface area contributed by atoms with Gasteiger partial charge in [-0.2, -0.15) is 5.10 Å². The van der Waals surface area contributed by atoms with E-state index in [0.717, 1.165) is 29.4 Å². The molecule has 0 aliphatic carbocycles. The van der Waals surface area contributed by atoms with Gasteiger partial charge in [-0.25, -0.2) is 22.6 Å². The van der Waals surface area contributed by atoms with Crippen molar-refractivity contribution in [1.29, 1.82) is 0 Å². The number of halogens is 1. The molecule has 3 N–H and O–H groups in total. The quantitative estimate of drug-likeness (QED) is 0.462. The maximum absolute atomic E-state index is 14.2. The van der Waals surface area contributed by atoms with Gasteiger partial charge in [0.05, 0.1) is 16.3 Å². The molecule has 0 spiro atoms. The number of carbonyl (C=O) groups excluding carboxylic acids is 2. The number of hydrogen-bond donors (Lipinski definition) is 3. The molecule has 3 aromatic rings. The summed E-state index contributed by atoms with van der Waals surface area (Å²) in [7, 11) is -1.96. The second-order valence-electron chi connectivity index (χ2n) is 7.32. The lowest BCUT2D eigenvalue weighted by Gasteiger charge is -2.07. The van der Waals surface area contributed by atoms with Crippen molar-refractivity contribution in [3.63, 3.8) is 0 Å². The third-order valence-corrected chi connectivity index (χ3v) is 6.77. The zero-order valence-electron chi connectivity index (χ0n) is 18.4. The first kappa shape index (κ1) is 24.3. The Bertz CT molecular complexity index is 1320. The number of nitrogens with zero attached hydrogens (tertiary/aromatic N) is 3. The molecule has 0 bridgehead atoms. The Hall–Kier alpha value is -3.32. The van der Waals surface area contributed by atoms with E-state index < -0.39 is 21.7 Å². The van der Waals surface area contributed by atoms with Crippen molar-refractivity contribution in [3.8, 4) is 10.4 Å². The van der Waals surface area contributed by atoms with Crippen LogP contribution in [0.3, 0.4) is 0 Å². The normalized spacial score (nSPS) is 11.3. The van der Waals surface area contributed by atoms with E-state index in [1.807, 2.05) is 6.92 Å². The smallest absolute Gasteiger partial charge is 0.321 e. The number of hydrogen-bond acceptors (Lipinski definition) is 7. The summed E-state index contributed by atoms with van der Waals surface area (Å²) in [6.45, 7) is 3.61. The summed E-state index contributed by atoms with van der Waals surface area (Å²) in [5, 5.41) is 12.3. The van der Waals surface area contributed by atoms with Gasteiger partial charge in [0.2, 0.25) is 5.91 Å². The molecule has 0 atom stereocenters. The molecular weight excluding hydrogens is 471 g/mol. The summed E-state index contributed by atoms with van der Waals surface area (Å²) in [6, 6.07) is 5.02. The van der Waals surface area contributed by atoms with Crippen LogP contribution >= 0.6 is 11.3 Å². The highest BCUT2D eigenvalue weighted by atomic mass is 32.2. The molecule has 1 aromatic carbocycles. The van der Waals surface area contributed by atoms with Gasteiger partial charge in [0.15, 0.2) is 15.0 Å². The molecule has 10 nitrogen and oxygen atoms in total. The second-order valence-corrected chi connectivity index (χ2v) is 10.3. The van der Waals surface area contributed by atoms with E-state index in [1.165, 1.54) is 12.1 Å². The summed E-state index contributed by atoms with van der Waals surface area (Å²) in [6.07, 6.45) is 0.999. The number of anilines is 2. The van der Waals surface area contributed by atoms with Crippen LogP contribution in [0.2, 0.25) is 0 Å². The number of amides is 3. The molecule has 0 aliphatic heterocycles. The number of aryl methyl sites for hydroxylation is 3. The number of nitrogens with one attached hydrogen (secondary N) is 3. The number of sulfone groups is 1. The van der Waals surface area contributed by atoms with E-state index in [9.17, 15) is 22.4 Å². The molecule has 176 valence electrons. The molecule has 3 rings (SSSR count). The van der Waals surface area contributed by atoms with Crippen molar-refractivity contribution in [1.82, 2.24) is 20.1 Å². The van der Waals surface area contributed by atoms with Gasteiger partial charge in [0.25, 0.3) is 0 Å². The van der Waals surface area contributed by atoms with Crippen LogP contribution in [-0.4, -0.2) is 47.9 Å². The van der Waals surface area contributed by atoms with Gasteiger partial charge in [0.1, 0.15) is 16.5 Å². The van der Waals surface area contributed by atoms with Crippen LogP contribution in [0.15, 0.2) is 29.2 Å². The van der Waals surface area contributed by atoms with Crippen molar-refractivity contribution >= 4 is 44.1 Å². The lowest BCUT2D eigenvalue weighted by molar-refractivity contribution is -0.116. The molecule has 0 saturated heterocycles. The van der Waals surface area contributed by atoms with E-state index in [0.29, 0.717) is 22.0 Å². The van der Waals surface area contributed by atoms with Gasteiger partial charge in [-0.05, 0) is 31.5 Å². The molecule has 0 fully saturated rings. The SMILES string of the molecule is Cc1cc(NC(=O)CCNC(=O)Nc2nc(C)c(-c3ccc(S(C)(=O)=O)c(F)c3)s2)n(C)n1. The summed E-state index contributed by atoms with van der Waals surface area (Å²) in [5.74, 6) is -0.561. The van der Waals surface area contributed by atoms with Crippen LogP contribution in [-0.2, 0) is 21.7 Å². The minimum absolute atomic E-state index is 0.0613. The zero-order chi connectivity index (χ0) is 24.3. The predicted octanol–water partition coefficient (Wildman–Crippen LogP) is 2.85.